The Labute approximate surface area is 282 Å². The van der Waals surface area contributed by atoms with Crippen LogP contribution >= 0.6 is 11.3 Å². The van der Waals surface area contributed by atoms with Gasteiger partial charge in [0.1, 0.15) is 23.8 Å². The van der Waals surface area contributed by atoms with Gasteiger partial charge in [-0.3, -0.25) is 4.90 Å². The first-order chi connectivity index (χ1) is 23.3. The minimum Gasteiger partial charge on any atom is -0.461 e. The number of thiazole rings is 1. The first-order valence-corrected chi connectivity index (χ1v) is 17.3. The second-order valence-corrected chi connectivity index (χ2v) is 15.6. The zero-order chi connectivity index (χ0) is 34.0. The summed E-state index contributed by atoms with van der Waals surface area (Å²) < 4.78 is 83.0. The standard InChI is InChI=1S/C35H34F5N7OS/c1-17-10-33(11-18(2)13-47(33)12-17)16-48-32-43-27-22(30(44-32)46-14-20-7-8-34(15-46,45-20)19-3-4-19)9-23(35(38,39)40)25(26(27)37)21-5-6-24(36)29-28(21)42-31(41)49-29/h5-6,9,19-20,45H,1-4,7-8,10-16H2,(H2,41,42)/t20-,34+/m0/s1. The molecule has 3 N–H and O–H groups in total. The molecule has 1 aliphatic carbocycles. The Morgan fingerprint density at radius 2 is 1.80 bits per heavy atom. The Hall–Kier alpha value is -3.88. The highest BCUT2D eigenvalue weighted by Gasteiger charge is 2.54. The molecular formula is C35H34F5N7OS. The smallest absolute Gasteiger partial charge is 0.417 e. The average Bonchev–Trinajstić information content (AvgIpc) is 3.56. The van der Waals surface area contributed by atoms with Crippen LogP contribution < -0.4 is 20.7 Å². The summed E-state index contributed by atoms with van der Waals surface area (Å²) in [5.41, 5.74) is 4.73. The highest BCUT2D eigenvalue weighted by molar-refractivity contribution is 7.22. The van der Waals surface area contributed by atoms with Gasteiger partial charge in [0.15, 0.2) is 10.9 Å². The minimum absolute atomic E-state index is 0.0491. The number of ether oxygens (including phenoxy) is 1. The fourth-order valence-electron chi connectivity index (χ4n) is 8.99. The molecule has 1 saturated carbocycles. The molecule has 9 rings (SSSR count). The SMILES string of the molecule is C=C1CN2CC(=C)CC2(COc2nc(N3C[C@@H]4CC[C@](C5CC5)(C3)N4)c3cc(C(F)(F)F)c(-c4ccc(F)c5sc(N)nc45)c(F)c3n2)C1. The van der Waals surface area contributed by atoms with Crippen molar-refractivity contribution in [1.29, 1.82) is 0 Å². The summed E-state index contributed by atoms with van der Waals surface area (Å²) in [5, 5.41) is 3.67. The lowest BCUT2D eigenvalue weighted by molar-refractivity contribution is -0.137. The molecule has 8 nitrogen and oxygen atoms in total. The zero-order valence-corrected chi connectivity index (χ0v) is 27.4. The molecule has 0 amide bonds. The summed E-state index contributed by atoms with van der Waals surface area (Å²) in [5.74, 6) is -1.24. The van der Waals surface area contributed by atoms with Crippen molar-refractivity contribution < 1.29 is 26.7 Å². The van der Waals surface area contributed by atoms with Gasteiger partial charge in [-0.1, -0.05) is 35.6 Å². The maximum absolute atomic E-state index is 17.1. The van der Waals surface area contributed by atoms with Crippen LogP contribution in [0.2, 0.25) is 0 Å². The zero-order valence-electron chi connectivity index (χ0n) is 26.6. The topological polar surface area (TPSA) is 92.4 Å². The van der Waals surface area contributed by atoms with Gasteiger partial charge in [0.05, 0.1) is 21.3 Å². The number of hydrogen-bond donors (Lipinski definition) is 2. The van der Waals surface area contributed by atoms with Gasteiger partial charge in [-0.15, -0.1) is 0 Å². The summed E-state index contributed by atoms with van der Waals surface area (Å²) in [6.07, 6.45) is 0.489. The fourth-order valence-corrected chi connectivity index (χ4v) is 9.76. The Kier molecular flexibility index (Phi) is 6.71. The average molecular weight is 696 g/mol. The Morgan fingerprint density at radius 3 is 2.51 bits per heavy atom. The predicted molar refractivity (Wildman–Crippen MR) is 179 cm³/mol. The van der Waals surface area contributed by atoms with Crippen molar-refractivity contribution in [3.05, 3.63) is 59.7 Å². The van der Waals surface area contributed by atoms with Gasteiger partial charge >= 0.3 is 12.2 Å². The molecule has 2 atom stereocenters. The lowest BCUT2D eigenvalue weighted by Crippen LogP contribution is -2.61. The number of nitrogens with two attached hydrogens (primary N) is 1. The number of hydrogen-bond acceptors (Lipinski definition) is 9. The van der Waals surface area contributed by atoms with Crippen LogP contribution in [-0.4, -0.2) is 69.8 Å². The fraction of sp³-hybridized carbons (Fsp3) is 0.457. The number of anilines is 2. The molecule has 2 aromatic carbocycles. The highest BCUT2D eigenvalue weighted by atomic mass is 32.1. The molecule has 2 aromatic heterocycles. The maximum Gasteiger partial charge on any atom is 0.417 e. The van der Waals surface area contributed by atoms with E-state index in [2.05, 4.69) is 33.3 Å². The van der Waals surface area contributed by atoms with E-state index in [1.165, 1.54) is 0 Å². The van der Waals surface area contributed by atoms with Crippen LogP contribution in [0, 0.1) is 17.6 Å². The third-order valence-corrected chi connectivity index (χ3v) is 12.0. The van der Waals surface area contributed by atoms with Crippen LogP contribution in [-0.2, 0) is 6.18 Å². The first-order valence-electron chi connectivity index (χ1n) is 16.5. The van der Waals surface area contributed by atoms with Gasteiger partial charge < -0.3 is 20.7 Å². The number of aromatic nitrogens is 3. The van der Waals surface area contributed by atoms with E-state index in [0.717, 1.165) is 66.4 Å². The molecule has 5 aliphatic rings. The molecule has 6 heterocycles. The van der Waals surface area contributed by atoms with E-state index in [4.69, 9.17) is 15.5 Å². The van der Waals surface area contributed by atoms with Crippen molar-refractivity contribution in [3.8, 4) is 17.1 Å². The molecular weight excluding hydrogens is 661 g/mol. The summed E-state index contributed by atoms with van der Waals surface area (Å²) in [7, 11) is 0. The monoisotopic (exact) mass is 695 g/mol. The molecule has 4 saturated heterocycles. The predicted octanol–water partition coefficient (Wildman–Crippen LogP) is 6.85. The van der Waals surface area contributed by atoms with Crippen molar-refractivity contribution in [1.82, 2.24) is 25.2 Å². The Bertz CT molecular complexity index is 2070. The number of nitrogens with one attached hydrogen (secondary N) is 1. The number of nitrogen functional groups attached to an aromatic ring is 1. The van der Waals surface area contributed by atoms with E-state index in [0.29, 0.717) is 44.9 Å². The van der Waals surface area contributed by atoms with E-state index in [9.17, 15) is 17.6 Å². The molecule has 2 bridgehead atoms. The van der Waals surface area contributed by atoms with E-state index in [1.807, 2.05) is 4.90 Å². The second-order valence-electron chi connectivity index (χ2n) is 14.6. The van der Waals surface area contributed by atoms with Gasteiger partial charge in [-0.05, 0) is 62.6 Å². The molecule has 14 heteroatoms. The van der Waals surface area contributed by atoms with Crippen molar-refractivity contribution in [2.75, 3.05) is 43.4 Å². The van der Waals surface area contributed by atoms with Gasteiger partial charge in [0, 0.05) is 54.3 Å². The molecule has 4 aliphatic heterocycles. The first kappa shape index (κ1) is 31.1. The van der Waals surface area contributed by atoms with E-state index < -0.39 is 34.5 Å². The molecule has 49 heavy (non-hydrogen) atoms. The number of nitrogens with zero attached hydrogens (tertiary/aromatic N) is 5. The molecule has 0 spiro atoms. The van der Waals surface area contributed by atoms with Gasteiger partial charge in [-0.2, -0.15) is 23.1 Å². The minimum atomic E-state index is -4.98. The van der Waals surface area contributed by atoms with Crippen LogP contribution in [0.15, 0.2) is 42.5 Å². The summed E-state index contributed by atoms with van der Waals surface area (Å²) in [6, 6.07) is 3.04. The second kappa shape index (κ2) is 10.6. The van der Waals surface area contributed by atoms with Crippen molar-refractivity contribution in [2.45, 2.75) is 61.8 Å². The van der Waals surface area contributed by atoms with Crippen molar-refractivity contribution in [2.24, 2.45) is 5.92 Å². The van der Waals surface area contributed by atoms with Crippen molar-refractivity contribution in [3.63, 3.8) is 0 Å². The third kappa shape index (κ3) is 4.92. The largest absolute Gasteiger partial charge is 0.461 e. The van der Waals surface area contributed by atoms with Crippen LogP contribution in [0.25, 0.3) is 32.2 Å². The van der Waals surface area contributed by atoms with Crippen molar-refractivity contribution >= 4 is 43.4 Å². The van der Waals surface area contributed by atoms with Gasteiger partial charge in [0.25, 0.3) is 0 Å². The normalized spacial score (nSPS) is 25.2. The van der Waals surface area contributed by atoms with Gasteiger partial charge in [0.2, 0.25) is 0 Å². The van der Waals surface area contributed by atoms with Crippen LogP contribution in [0.4, 0.5) is 32.9 Å². The van der Waals surface area contributed by atoms with Gasteiger partial charge in [-0.25, -0.2) is 13.8 Å². The molecule has 256 valence electrons. The molecule has 0 unspecified atom stereocenters. The molecule has 0 radical (unpaired) electrons. The van der Waals surface area contributed by atoms with Crippen LogP contribution in [0.1, 0.15) is 44.1 Å². The van der Waals surface area contributed by atoms with E-state index in [-0.39, 0.29) is 61.8 Å². The Balaban J connectivity index is 1.23. The number of benzene rings is 2. The molecule has 5 fully saturated rings. The highest BCUT2D eigenvalue weighted by Crippen LogP contribution is 2.50. The number of fused-ring (bicyclic) bond motifs is 5. The lowest BCUT2D eigenvalue weighted by atomic mass is 9.90. The molecule has 4 aromatic rings. The number of alkyl halides is 3. The Morgan fingerprint density at radius 1 is 1.04 bits per heavy atom. The van der Waals surface area contributed by atoms with Crippen LogP contribution in [0.5, 0.6) is 6.01 Å². The van der Waals surface area contributed by atoms with Crippen LogP contribution in [0.3, 0.4) is 0 Å². The quantitative estimate of drug-likeness (QED) is 0.167. The lowest BCUT2D eigenvalue weighted by Gasteiger charge is -2.42. The maximum atomic E-state index is 17.1. The number of rotatable bonds is 6. The number of piperazine rings is 1. The summed E-state index contributed by atoms with van der Waals surface area (Å²) >= 11 is 0.787. The summed E-state index contributed by atoms with van der Waals surface area (Å²) in [6.45, 7) is 11.0. The third-order valence-electron chi connectivity index (χ3n) is 11.1. The van der Waals surface area contributed by atoms with E-state index >= 15 is 4.39 Å². The number of halogens is 5. The van der Waals surface area contributed by atoms with E-state index in [1.54, 1.807) is 0 Å². The summed E-state index contributed by atoms with van der Waals surface area (Å²) in [4.78, 5) is 17.6.